The lowest BCUT2D eigenvalue weighted by molar-refractivity contribution is 0.543. The molecule has 2 aromatic heterocycles. The molecule has 1 N–H and O–H groups in total. The monoisotopic (exact) mass is 350 g/mol. The molecule has 0 bridgehead atoms. The fourth-order valence-electron chi connectivity index (χ4n) is 2.63. The normalized spacial score (nSPS) is 12.6. The third-order valence-electron chi connectivity index (χ3n) is 3.89. The Morgan fingerprint density at radius 2 is 2.10 bits per heavy atom. The van der Waals surface area contributed by atoms with Gasteiger partial charge in [0.25, 0.3) is 0 Å². The van der Waals surface area contributed by atoms with Gasteiger partial charge in [-0.2, -0.15) is 5.10 Å². The third kappa shape index (κ3) is 3.35. The highest BCUT2D eigenvalue weighted by Crippen LogP contribution is 2.27. The number of nitrogens with one attached hydrogen (secondary N) is 1. The molecule has 1 unspecified atom stereocenters. The van der Waals surface area contributed by atoms with Gasteiger partial charge in [-0.05, 0) is 47.4 Å². The summed E-state index contributed by atoms with van der Waals surface area (Å²) in [5.41, 5.74) is 4.75. The van der Waals surface area contributed by atoms with Crippen LogP contribution in [0.15, 0.2) is 22.8 Å². The molecule has 2 aromatic rings. The van der Waals surface area contributed by atoms with Gasteiger partial charge in [0.05, 0.1) is 27.6 Å². The van der Waals surface area contributed by atoms with E-state index in [0.29, 0.717) is 0 Å². The van der Waals surface area contributed by atoms with E-state index in [2.05, 4.69) is 51.2 Å². The maximum absolute atomic E-state index is 4.60. The minimum Gasteiger partial charge on any atom is -0.311 e. The molecule has 0 aliphatic rings. The van der Waals surface area contributed by atoms with Crippen molar-refractivity contribution in [3.63, 3.8) is 0 Å². The average Bonchev–Trinajstić information content (AvgIpc) is 2.79. The molecule has 0 saturated carbocycles. The number of pyridine rings is 1. The van der Waals surface area contributed by atoms with E-state index in [0.717, 1.165) is 35.1 Å². The molecule has 0 aliphatic carbocycles. The van der Waals surface area contributed by atoms with E-state index >= 15 is 0 Å². The first-order valence-corrected chi connectivity index (χ1v) is 8.22. The van der Waals surface area contributed by atoms with Crippen molar-refractivity contribution < 1.29 is 0 Å². The molecule has 21 heavy (non-hydrogen) atoms. The van der Waals surface area contributed by atoms with Crippen molar-refractivity contribution in [1.29, 1.82) is 0 Å². The van der Waals surface area contributed by atoms with Crippen LogP contribution in [0.2, 0.25) is 0 Å². The van der Waals surface area contributed by atoms with Gasteiger partial charge in [-0.25, -0.2) is 0 Å². The average molecular weight is 351 g/mol. The summed E-state index contributed by atoms with van der Waals surface area (Å²) in [6.07, 6.45) is 4.66. The van der Waals surface area contributed by atoms with Gasteiger partial charge >= 0.3 is 0 Å². The molecule has 2 heterocycles. The van der Waals surface area contributed by atoms with Crippen molar-refractivity contribution >= 4 is 15.9 Å². The zero-order valence-corrected chi connectivity index (χ0v) is 14.7. The first kappa shape index (κ1) is 16.2. The van der Waals surface area contributed by atoms with Crippen LogP contribution in [0.3, 0.4) is 0 Å². The Morgan fingerprint density at radius 1 is 1.33 bits per heavy atom. The summed E-state index contributed by atoms with van der Waals surface area (Å²) in [6, 6.07) is 4.35. The number of hydrogen-bond acceptors (Lipinski definition) is 3. The van der Waals surface area contributed by atoms with Gasteiger partial charge in [0.15, 0.2) is 0 Å². The fraction of sp³-hybridized carbons (Fsp3) is 0.500. The van der Waals surface area contributed by atoms with Crippen LogP contribution < -0.4 is 5.32 Å². The fourth-order valence-corrected chi connectivity index (χ4v) is 3.41. The van der Waals surface area contributed by atoms with Crippen LogP contribution in [0.4, 0.5) is 0 Å². The smallest absolute Gasteiger partial charge is 0.0766 e. The van der Waals surface area contributed by atoms with Gasteiger partial charge in [0.1, 0.15) is 0 Å². The number of nitrogens with zero attached hydrogens (tertiary/aromatic N) is 3. The van der Waals surface area contributed by atoms with Crippen LogP contribution in [-0.2, 0) is 26.3 Å². The maximum atomic E-state index is 4.60. The van der Waals surface area contributed by atoms with Crippen LogP contribution in [0, 0.1) is 0 Å². The third-order valence-corrected chi connectivity index (χ3v) is 4.80. The number of halogens is 1. The second kappa shape index (κ2) is 7.18. The lowest BCUT2D eigenvalue weighted by Crippen LogP contribution is -2.22. The molecule has 0 spiro atoms. The van der Waals surface area contributed by atoms with Crippen molar-refractivity contribution in [2.24, 2.45) is 7.05 Å². The number of aryl methyl sites for hydroxylation is 3. The summed E-state index contributed by atoms with van der Waals surface area (Å²) in [4.78, 5) is 4.60. The number of likely N-dealkylation sites (N-methyl/N-ethyl adjacent to an activating group) is 1. The predicted octanol–water partition coefficient (Wildman–Crippen LogP) is 3.21. The lowest BCUT2D eigenvalue weighted by atomic mass is 10.0. The summed E-state index contributed by atoms with van der Waals surface area (Å²) in [6.45, 7) is 4.29. The first-order chi connectivity index (χ1) is 10.1. The van der Waals surface area contributed by atoms with E-state index in [4.69, 9.17) is 0 Å². The van der Waals surface area contributed by atoms with Crippen molar-refractivity contribution in [2.45, 2.75) is 39.2 Å². The maximum Gasteiger partial charge on any atom is 0.0766 e. The van der Waals surface area contributed by atoms with E-state index in [1.807, 2.05) is 31.0 Å². The molecule has 0 aliphatic heterocycles. The van der Waals surface area contributed by atoms with E-state index < -0.39 is 0 Å². The molecular weight excluding hydrogens is 328 g/mol. The van der Waals surface area contributed by atoms with Crippen LogP contribution in [-0.4, -0.2) is 21.8 Å². The Morgan fingerprint density at radius 3 is 2.67 bits per heavy atom. The SMILES string of the molecule is CCc1cccnc1C(Cc1c(Br)c(CC)nn1C)NC. The molecule has 2 rings (SSSR count). The van der Waals surface area contributed by atoms with Crippen LogP contribution in [0.25, 0.3) is 0 Å². The van der Waals surface area contributed by atoms with E-state index in [9.17, 15) is 0 Å². The zero-order valence-electron chi connectivity index (χ0n) is 13.2. The standard InChI is InChI=1S/C16H23BrN4/c1-5-11-8-7-9-19-16(11)13(18-3)10-14-15(17)12(6-2)20-21(14)4/h7-9,13,18H,5-6,10H2,1-4H3. The molecular formula is C16H23BrN4. The summed E-state index contributed by atoms with van der Waals surface area (Å²) in [5.74, 6) is 0. The highest BCUT2D eigenvalue weighted by Gasteiger charge is 2.20. The van der Waals surface area contributed by atoms with Gasteiger partial charge in [0, 0.05) is 19.7 Å². The second-order valence-electron chi connectivity index (χ2n) is 5.13. The lowest BCUT2D eigenvalue weighted by Gasteiger charge is -2.19. The topological polar surface area (TPSA) is 42.7 Å². The molecule has 114 valence electrons. The van der Waals surface area contributed by atoms with Crippen LogP contribution in [0.5, 0.6) is 0 Å². The van der Waals surface area contributed by atoms with Gasteiger partial charge < -0.3 is 5.32 Å². The van der Waals surface area contributed by atoms with Crippen molar-refractivity contribution in [3.8, 4) is 0 Å². The molecule has 5 heteroatoms. The summed E-state index contributed by atoms with van der Waals surface area (Å²) >= 11 is 3.70. The largest absolute Gasteiger partial charge is 0.311 e. The van der Waals surface area contributed by atoms with Crippen molar-refractivity contribution in [2.75, 3.05) is 7.05 Å². The molecule has 4 nitrogen and oxygen atoms in total. The highest BCUT2D eigenvalue weighted by atomic mass is 79.9. The van der Waals surface area contributed by atoms with E-state index in [1.165, 1.54) is 11.3 Å². The molecule has 0 aromatic carbocycles. The van der Waals surface area contributed by atoms with Crippen LogP contribution in [0.1, 0.15) is 42.5 Å². The van der Waals surface area contributed by atoms with E-state index in [-0.39, 0.29) is 6.04 Å². The summed E-state index contributed by atoms with van der Waals surface area (Å²) in [5, 5.41) is 7.97. The minimum absolute atomic E-state index is 0.192. The van der Waals surface area contributed by atoms with Gasteiger partial charge in [-0.3, -0.25) is 9.67 Å². The summed E-state index contributed by atoms with van der Waals surface area (Å²) in [7, 11) is 3.99. The molecule has 0 saturated heterocycles. The molecule has 0 radical (unpaired) electrons. The Bertz CT molecular complexity index is 606. The first-order valence-electron chi connectivity index (χ1n) is 7.43. The van der Waals surface area contributed by atoms with Gasteiger partial charge in [-0.1, -0.05) is 19.9 Å². The zero-order chi connectivity index (χ0) is 15.4. The molecule has 0 fully saturated rings. The Kier molecular flexibility index (Phi) is 5.53. The minimum atomic E-state index is 0.192. The Balaban J connectivity index is 2.34. The quantitative estimate of drug-likeness (QED) is 0.869. The summed E-state index contributed by atoms with van der Waals surface area (Å²) < 4.78 is 3.10. The Hall–Kier alpha value is -1.20. The molecule has 0 amide bonds. The predicted molar refractivity (Wildman–Crippen MR) is 89.4 cm³/mol. The van der Waals surface area contributed by atoms with E-state index in [1.54, 1.807) is 0 Å². The van der Waals surface area contributed by atoms with Gasteiger partial charge in [-0.15, -0.1) is 0 Å². The van der Waals surface area contributed by atoms with Gasteiger partial charge in [0.2, 0.25) is 0 Å². The van der Waals surface area contributed by atoms with Crippen molar-refractivity contribution in [3.05, 3.63) is 45.4 Å². The number of hydrogen-bond donors (Lipinski definition) is 1. The second-order valence-corrected chi connectivity index (χ2v) is 5.92. The van der Waals surface area contributed by atoms with Crippen molar-refractivity contribution in [1.82, 2.24) is 20.1 Å². The van der Waals surface area contributed by atoms with Crippen LogP contribution >= 0.6 is 15.9 Å². The highest BCUT2D eigenvalue weighted by molar-refractivity contribution is 9.10. The number of aromatic nitrogens is 3. The number of rotatable bonds is 6. The molecule has 1 atom stereocenters. The Labute approximate surface area is 135 Å².